The molecular weight excluding hydrogens is 328 g/mol. The number of rotatable bonds is 6. The molecule has 0 radical (unpaired) electrons. The van der Waals surface area contributed by atoms with Gasteiger partial charge in [-0.25, -0.2) is 9.97 Å². The highest BCUT2D eigenvalue weighted by Crippen LogP contribution is 2.24. The first-order chi connectivity index (χ1) is 12.4. The van der Waals surface area contributed by atoms with Gasteiger partial charge in [0, 0.05) is 12.6 Å². The van der Waals surface area contributed by atoms with Crippen molar-refractivity contribution in [2.75, 3.05) is 6.61 Å². The van der Waals surface area contributed by atoms with Gasteiger partial charge in [0.25, 0.3) is 0 Å². The molecule has 0 aliphatic carbocycles. The Morgan fingerprint density at radius 1 is 1.12 bits per heavy atom. The number of hydrogen-bond donors (Lipinski definition) is 0. The summed E-state index contributed by atoms with van der Waals surface area (Å²) in [6.07, 6.45) is 4.67. The van der Waals surface area contributed by atoms with Crippen molar-refractivity contribution in [1.29, 1.82) is 0 Å². The van der Waals surface area contributed by atoms with Gasteiger partial charge in [-0.05, 0) is 36.5 Å². The molecule has 0 aliphatic heterocycles. The van der Waals surface area contributed by atoms with E-state index < -0.39 is 0 Å². The van der Waals surface area contributed by atoms with Crippen LogP contribution in [0.4, 0.5) is 0 Å². The molecule has 2 aromatic heterocycles. The summed E-state index contributed by atoms with van der Waals surface area (Å²) in [5.74, 6) is 1.99. The van der Waals surface area contributed by atoms with Gasteiger partial charge >= 0.3 is 0 Å². The highest BCUT2D eigenvalue weighted by Gasteiger charge is 2.13. The quantitative estimate of drug-likeness (QED) is 0.621. The summed E-state index contributed by atoms with van der Waals surface area (Å²) in [5, 5.41) is 4.01. The molecule has 6 nitrogen and oxygen atoms in total. The maximum atomic E-state index is 5.80. The number of hydrogen-bond acceptors (Lipinski definition) is 6. The van der Waals surface area contributed by atoms with E-state index in [1.165, 1.54) is 11.9 Å². The van der Waals surface area contributed by atoms with Gasteiger partial charge in [-0.15, -0.1) is 0 Å². The van der Waals surface area contributed by atoms with E-state index in [0.29, 0.717) is 24.7 Å². The third kappa shape index (κ3) is 4.45. The zero-order valence-corrected chi connectivity index (χ0v) is 15.7. The van der Waals surface area contributed by atoms with E-state index in [9.17, 15) is 0 Å². The summed E-state index contributed by atoms with van der Waals surface area (Å²) >= 11 is 0. The summed E-state index contributed by atoms with van der Waals surface area (Å²) in [7, 11) is 0. The Morgan fingerprint density at radius 2 is 1.88 bits per heavy atom. The van der Waals surface area contributed by atoms with Crippen LogP contribution >= 0.6 is 0 Å². The number of aryl methyl sites for hydroxylation is 2. The Labute approximate surface area is 153 Å². The molecule has 0 spiro atoms. The molecule has 3 aromatic rings. The summed E-state index contributed by atoms with van der Waals surface area (Å²) < 4.78 is 11.1. The largest absolute Gasteiger partial charge is 0.494 e. The molecule has 0 amide bonds. The van der Waals surface area contributed by atoms with Crippen LogP contribution in [0.1, 0.15) is 44.3 Å². The zero-order valence-electron chi connectivity index (χ0n) is 15.7. The number of nitrogens with zero attached hydrogens (tertiary/aromatic N) is 4. The summed E-state index contributed by atoms with van der Waals surface area (Å²) in [5.41, 5.74) is 3.06. The molecule has 0 N–H and O–H groups in total. The van der Waals surface area contributed by atoms with E-state index in [4.69, 9.17) is 9.26 Å². The predicted molar refractivity (Wildman–Crippen MR) is 99.0 cm³/mol. The highest BCUT2D eigenvalue weighted by molar-refractivity contribution is 5.55. The topological polar surface area (TPSA) is 73.9 Å². The Bertz CT molecular complexity index is 851. The van der Waals surface area contributed by atoms with E-state index in [2.05, 4.69) is 53.0 Å². The van der Waals surface area contributed by atoms with E-state index in [-0.39, 0.29) is 5.41 Å². The van der Waals surface area contributed by atoms with Crippen molar-refractivity contribution in [2.24, 2.45) is 0 Å². The first kappa shape index (κ1) is 18.0. The average Bonchev–Trinajstić information content (AvgIpc) is 3.07. The molecule has 0 aliphatic rings. The fourth-order valence-electron chi connectivity index (χ4n) is 2.54. The van der Waals surface area contributed by atoms with Gasteiger partial charge in [0.05, 0.1) is 17.9 Å². The Kier molecular flexibility index (Phi) is 5.30. The SMILES string of the molecule is Cc1ncncc1-c1noc(CCCOc2ccc(C(C)(C)C)cc2)n1. The molecule has 1 aromatic carbocycles. The first-order valence-electron chi connectivity index (χ1n) is 8.76. The molecule has 0 saturated carbocycles. The average molecular weight is 352 g/mol. The van der Waals surface area contributed by atoms with Crippen molar-refractivity contribution in [1.82, 2.24) is 20.1 Å². The van der Waals surface area contributed by atoms with Crippen LogP contribution in [0.15, 0.2) is 41.3 Å². The normalized spacial score (nSPS) is 11.5. The molecule has 2 heterocycles. The zero-order chi connectivity index (χ0) is 18.6. The lowest BCUT2D eigenvalue weighted by atomic mass is 9.87. The molecule has 6 heteroatoms. The van der Waals surface area contributed by atoms with E-state index >= 15 is 0 Å². The van der Waals surface area contributed by atoms with E-state index in [1.54, 1.807) is 6.20 Å². The van der Waals surface area contributed by atoms with Crippen LogP contribution in [0, 0.1) is 6.92 Å². The number of ether oxygens (including phenoxy) is 1. The Morgan fingerprint density at radius 3 is 2.58 bits per heavy atom. The fraction of sp³-hybridized carbons (Fsp3) is 0.400. The lowest BCUT2D eigenvalue weighted by Crippen LogP contribution is -2.10. The maximum absolute atomic E-state index is 5.80. The smallest absolute Gasteiger partial charge is 0.227 e. The minimum Gasteiger partial charge on any atom is -0.494 e. The maximum Gasteiger partial charge on any atom is 0.227 e. The van der Waals surface area contributed by atoms with Gasteiger partial charge in [-0.2, -0.15) is 4.98 Å². The van der Waals surface area contributed by atoms with Crippen LogP contribution in [-0.4, -0.2) is 26.7 Å². The van der Waals surface area contributed by atoms with E-state index in [0.717, 1.165) is 23.4 Å². The second-order valence-corrected chi connectivity index (χ2v) is 7.26. The van der Waals surface area contributed by atoms with Gasteiger partial charge in [0.2, 0.25) is 11.7 Å². The highest BCUT2D eigenvalue weighted by atomic mass is 16.5. The van der Waals surface area contributed by atoms with Gasteiger partial charge in [-0.1, -0.05) is 38.1 Å². The van der Waals surface area contributed by atoms with Crippen molar-refractivity contribution < 1.29 is 9.26 Å². The van der Waals surface area contributed by atoms with Crippen molar-refractivity contribution in [3.8, 4) is 17.1 Å². The minimum atomic E-state index is 0.149. The van der Waals surface area contributed by atoms with Crippen LogP contribution in [0.25, 0.3) is 11.4 Å². The molecule has 26 heavy (non-hydrogen) atoms. The molecule has 0 unspecified atom stereocenters. The van der Waals surface area contributed by atoms with Crippen molar-refractivity contribution in [3.05, 3.63) is 53.9 Å². The van der Waals surface area contributed by atoms with E-state index in [1.807, 2.05) is 19.1 Å². The van der Waals surface area contributed by atoms with Crippen molar-refractivity contribution in [3.63, 3.8) is 0 Å². The van der Waals surface area contributed by atoms with Gasteiger partial charge in [0.15, 0.2) is 0 Å². The second-order valence-electron chi connectivity index (χ2n) is 7.26. The molecule has 0 atom stereocenters. The number of aromatic nitrogens is 4. The van der Waals surface area contributed by atoms with Crippen molar-refractivity contribution in [2.45, 2.75) is 46.0 Å². The van der Waals surface area contributed by atoms with Gasteiger partial charge in [-0.3, -0.25) is 0 Å². The number of benzene rings is 1. The monoisotopic (exact) mass is 352 g/mol. The summed E-state index contributed by atoms with van der Waals surface area (Å²) in [4.78, 5) is 12.6. The van der Waals surface area contributed by atoms with Crippen LogP contribution in [0.3, 0.4) is 0 Å². The molecular formula is C20H24N4O2. The summed E-state index contributed by atoms with van der Waals surface area (Å²) in [6.45, 7) is 9.09. The van der Waals surface area contributed by atoms with Crippen LogP contribution < -0.4 is 4.74 Å². The Hall–Kier alpha value is -2.76. The van der Waals surface area contributed by atoms with Crippen LogP contribution in [-0.2, 0) is 11.8 Å². The molecule has 0 bridgehead atoms. The first-order valence-corrected chi connectivity index (χ1v) is 8.76. The lowest BCUT2D eigenvalue weighted by molar-refractivity contribution is 0.298. The third-order valence-electron chi connectivity index (χ3n) is 4.14. The second kappa shape index (κ2) is 7.64. The molecule has 3 rings (SSSR count). The summed E-state index contributed by atoms with van der Waals surface area (Å²) in [6, 6.07) is 8.26. The minimum absolute atomic E-state index is 0.149. The van der Waals surface area contributed by atoms with Crippen LogP contribution in [0.2, 0.25) is 0 Å². The predicted octanol–water partition coefficient (Wildman–Crippen LogP) is 4.14. The van der Waals surface area contributed by atoms with Gasteiger partial charge < -0.3 is 9.26 Å². The lowest BCUT2D eigenvalue weighted by Gasteiger charge is -2.19. The Balaban J connectivity index is 1.49. The van der Waals surface area contributed by atoms with Gasteiger partial charge in [0.1, 0.15) is 12.1 Å². The standard InChI is InChI=1S/C20H24N4O2/c1-14-17(12-21-13-22-14)19-23-18(26-24-19)6-5-11-25-16-9-7-15(8-10-16)20(2,3)4/h7-10,12-13H,5-6,11H2,1-4H3. The third-order valence-corrected chi connectivity index (χ3v) is 4.14. The molecule has 136 valence electrons. The molecule has 0 saturated heterocycles. The fourth-order valence-corrected chi connectivity index (χ4v) is 2.54. The van der Waals surface area contributed by atoms with Crippen molar-refractivity contribution >= 4 is 0 Å². The molecule has 0 fully saturated rings. The van der Waals surface area contributed by atoms with Crippen LogP contribution in [0.5, 0.6) is 5.75 Å².